The van der Waals surface area contributed by atoms with Gasteiger partial charge in [0, 0.05) is 5.92 Å². The summed E-state index contributed by atoms with van der Waals surface area (Å²) in [5.41, 5.74) is 0.657. The minimum Gasteiger partial charge on any atom is -0.393 e. The van der Waals surface area contributed by atoms with Crippen LogP contribution in [-0.2, 0) is 6.42 Å². The van der Waals surface area contributed by atoms with E-state index in [0.717, 1.165) is 32.1 Å². The van der Waals surface area contributed by atoms with Crippen LogP contribution in [0.1, 0.15) is 70.3 Å². The van der Waals surface area contributed by atoms with Crippen LogP contribution in [0.5, 0.6) is 0 Å². The molecule has 0 saturated heterocycles. The van der Waals surface area contributed by atoms with E-state index in [1.807, 2.05) is 18.2 Å². The largest absolute Gasteiger partial charge is 0.393 e. The molecule has 1 aromatic carbocycles. The van der Waals surface area contributed by atoms with Crippen LogP contribution >= 0.6 is 0 Å². The molecule has 3 atom stereocenters. The maximum Gasteiger partial charge on any atom is 0.0709 e. The van der Waals surface area contributed by atoms with Crippen LogP contribution in [-0.4, -0.2) is 21.9 Å². The van der Waals surface area contributed by atoms with E-state index in [0.29, 0.717) is 0 Å². The lowest BCUT2D eigenvalue weighted by Crippen LogP contribution is -2.21. The van der Waals surface area contributed by atoms with E-state index in [9.17, 15) is 10.2 Å². The molecule has 0 aromatic heterocycles. The first kappa shape index (κ1) is 17.5. The summed E-state index contributed by atoms with van der Waals surface area (Å²) >= 11 is 0. The summed E-state index contributed by atoms with van der Waals surface area (Å²) in [6, 6.07) is 10.3. The minimum absolute atomic E-state index is 0.104. The summed E-state index contributed by atoms with van der Waals surface area (Å²) < 4.78 is 0. The van der Waals surface area contributed by atoms with Gasteiger partial charge < -0.3 is 10.2 Å². The predicted octanol–water partition coefficient (Wildman–Crippen LogP) is 4.48. The highest BCUT2D eigenvalue weighted by molar-refractivity contribution is 5.17. The Morgan fingerprint density at radius 3 is 2.50 bits per heavy atom. The molecule has 2 rings (SSSR count). The molecule has 1 saturated carbocycles. The van der Waals surface area contributed by atoms with E-state index in [1.54, 1.807) is 0 Å². The molecule has 2 heteroatoms. The van der Waals surface area contributed by atoms with Gasteiger partial charge in [0.25, 0.3) is 0 Å². The number of aryl methyl sites for hydroxylation is 1. The molecule has 0 aliphatic heterocycles. The molecule has 1 aliphatic rings. The topological polar surface area (TPSA) is 40.5 Å². The van der Waals surface area contributed by atoms with Crippen LogP contribution in [0.15, 0.2) is 30.3 Å². The summed E-state index contributed by atoms with van der Waals surface area (Å²) in [4.78, 5) is 0. The van der Waals surface area contributed by atoms with Gasteiger partial charge in [-0.15, -0.1) is 0 Å². The van der Waals surface area contributed by atoms with Gasteiger partial charge in [0.15, 0.2) is 0 Å². The Morgan fingerprint density at radius 2 is 1.77 bits per heavy atom. The predicted molar refractivity (Wildman–Crippen MR) is 91.8 cm³/mol. The van der Waals surface area contributed by atoms with E-state index >= 15 is 0 Å². The van der Waals surface area contributed by atoms with Crippen molar-refractivity contribution in [3.8, 4) is 0 Å². The number of unbranched alkanes of at least 4 members (excludes halogenated alkanes) is 5. The van der Waals surface area contributed by atoms with Gasteiger partial charge >= 0.3 is 0 Å². The Balaban J connectivity index is 1.60. The number of aliphatic hydroxyl groups is 2. The SMILES string of the molecule is CCCCCCCC[C@@H](O)[C@@H]1C[C@@]1(O)CCc1ccccc1. The summed E-state index contributed by atoms with van der Waals surface area (Å²) in [5.74, 6) is 0.104. The fourth-order valence-corrected chi connectivity index (χ4v) is 3.44. The van der Waals surface area contributed by atoms with Gasteiger partial charge in [-0.05, 0) is 31.2 Å². The molecule has 1 aromatic rings. The lowest BCUT2D eigenvalue weighted by molar-refractivity contribution is 0.0604. The maximum atomic E-state index is 10.5. The van der Waals surface area contributed by atoms with Gasteiger partial charge in [0.1, 0.15) is 0 Å². The number of rotatable bonds is 11. The smallest absolute Gasteiger partial charge is 0.0709 e. The van der Waals surface area contributed by atoms with Crippen molar-refractivity contribution in [2.24, 2.45) is 5.92 Å². The normalized spacial score (nSPS) is 25.1. The third kappa shape index (κ3) is 5.40. The van der Waals surface area contributed by atoms with Crippen molar-refractivity contribution in [2.75, 3.05) is 0 Å². The second-order valence-corrected chi connectivity index (χ2v) is 7.02. The first-order valence-electron chi connectivity index (χ1n) is 9.10. The van der Waals surface area contributed by atoms with Crippen molar-refractivity contribution < 1.29 is 10.2 Å². The average Bonchev–Trinajstić information content (AvgIpc) is 3.22. The Bertz CT molecular complexity index is 417. The number of benzene rings is 1. The Hall–Kier alpha value is -0.860. The molecule has 0 spiro atoms. The van der Waals surface area contributed by atoms with Gasteiger partial charge in [0.2, 0.25) is 0 Å². The van der Waals surface area contributed by atoms with Crippen molar-refractivity contribution >= 4 is 0 Å². The highest BCUT2D eigenvalue weighted by Gasteiger charge is 2.55. The molecule has 0 bridgehead atoms. The van der Waals surface area contributed by atoms with Crippen molar-refractivity contribution in [3.05, 3.63) is 35.9 Å². The first-order valence-corrected chi connectivity index (χ1v) is 9.10. The third-order valence-corrected chi connectivity index (χ3v) is 5.11. The van der Waals surface area contributed by atoms with E-state index in [1.165, 1.54) is 37.7 Å². The molecule has 0 amide bonds. The molecule has 124 valence electrons. The van der Waals surface area contributed by atoms with Crippen LogP contribution in [0.4, 0.5) is 0 Å². The van der Waals surface area contributed by atoms with Crippen molar-refractivity contribution in [1.82, 2.24) is 0 Å². The molecular formula is C20H32O2. The van der Waals surface area contributed by atoms with Gasteiger partial charge in [-0.2, -0.15) is 0 Å². The van der Waals surface area contributed by atoms with Crippen LogP contribution in [0, 0.1) is 5.92 Å². The van der Waals surface area contributed by atoms with Gasteiger partial charge in [-0.25, -0.2) is 0 Å². The van der Waals surface area contributed by atoms with Crippen molar-refractivity contribution in [1.29, 1.82) is 0 Å². The molecule has 0 unspecified atom stereocenters. The van der Waals surface area contributed by atoms with E-state index < -0.39 is 5.60 Å². The summed E-state index contributed by atoms with van der Waals surface area (Å²) in [6.45, 7) is 2.23. The monoisotopic (exact) mass is 304 g/mol. The van der Waals surface area contributed by atoms with Gasteiger partial charge in [-0.3, -0.25) is 0 Å². The quantitative estimate of drug-likeness (QED) is 0.592. The number of hydrogen-bond donors (Lipinski definition) is 2. The Kier molecular flexibility index (Phi) is 6.91. The van der Waals surface area contributed by atoms with Crippen LogP contribution in [0.25, 0.3) is 0 Å². The number of aliphatic hydroxyl groups excluding tert-OH is 1. The lowest BCUT2D eigenvalue weighted by atomic mass is 9.99. The summed E-state index contributed by atoms with van der Waals surface area (Å²) in [7, 11) is 0. The fourth-order valence-electron chi connectivity index (χ4n) is 3.44. The zero-order chi connectivity index (χ0) is 15.8. The third-order valence-electron chi connectivity index (χ3n) is 5.11. The molecule has 1 aliphatic carbocycles. The Morgan fingerprint density at radius 1 is 1.09 bits per heavy atom. The van der Waals surface area contributed by atoms with Crippen molar-refractivity contribution in [2.45, 2.75) is 82.8 Å². The van der Waals surface area contributed by atoms with Crippen molar-refractivity contribution in [3.63, 3.8) is 0 Å². The molecule has 22 heavy (non-hydrogen) atoms. The number of hydrogen-bond acceptors (Lipinski definition) is 2. The van der Waals surface area contributed by atoms with Gasteiger partial charge in [0.05, 0.1) is 11.7 Å². The zero-order valence-corrected chi connectivity index (χ0v) is 14.0. The Labute approximate surface area is 135 Å². The van der Waals surface area contributed by atoms with Gasteiger partial charge in [-0.1, -0.05) is 75.8 Å². The lowest BCUT2D eigenvalue weighted by Gasteiger charge is -2.15. The first-order chi connectivity index (χ1) is 10.7. The molecule has 2 N–H and O–H groups in total. The summed E-state index contributed by atoms with van der Waals surface area (Å²) in [6.07, 6.45) is 10.5. The van der Waals surface area contributed by atoms with Crippen LogP contribution < -0.4 is 0 Å². The van der Waals surface area contributed by atoms with Crippen LogP contribution in [0.3, 0.4) is 0 Å². The fraction of sp³-hybridized carbons (Fsp3) is 0.700. The summed E-state index contributed by atoms with van der Waals surface area (Å²) in [5, 5.41) is 20.8. The maximum absolute atomic E-state index is 10.5. The second-order valence-electron chi connectivity index (χ2n) is 7.02. The molecule has 1 fully saturated rings. The molecular weight excluding hydrogens is 272 g/mol. The van der Waals surface area contributed by atoms with E-state index in [2.05, 4.69) is 19.1 Å². The van der Waals surface area contributed by atoms with E-state index in [4.69, 9.17) is 0 Å². The molecule has 2 nitrogen and oxygen atoms in total. The zero-order valence-electron chi connectivity index (χ0n) is 14.0. The highest BCUT2D eigenvalue weighted by Crippen LogP contribution is 2.49. The second kappa shape index (κ2) is 8.69. The molecule has 0 heterocycles. The van der Waals surface area contributed by atoms with E-state index in [-0.39, 0.29) is 12.0 Å². The highest BCUT2D eigenvalue weighted by atomic mass is 16.3. The molecule has 0 radical (unpaired) electrons. The van der Waals surface area contributed by atoms with Crippen LogP contribution in [0.2, 0.25) is 0 Å². The average molecular weight is 304 g/mol. The minimum atomic E-state index is -0.614. The standard InChI is InChI=1S/C20H32O2/c1-2-3-4-5-6-10-13-19(21)18-16-20(18,22)15-14-17-11-8-7-9-12-17/h7-9,11-12,18-19,21-22H,2-6,10,13-16H2,1H3/t18-,19+,20-/m0/s1.